The fraction of sp³-hybridized carbons (Fsp3) is 0.423. The van der Waals surface area contributed by atoms with Crippen LogP contribution < -0.4 is 5.73 Å². The van der Waals surface area contributed by atoms with Gasteiger partial charge in [-0.15, -0.1) is 5.92 Å². The number of amidine groups is 1. The summed E-state index contributed by atoms with van der Waals surface area (Å²) in [5, 5.41) is 6.89. The van der Waals surface area contributed by atoms with Crippen molar-refractivity contribution in [2.45, 2.75) is 50.7 Å². The molecule has 5 rings (SSSR count). The molecule has 2 heterocycles. The number of nitrogens with zero attached hydrogens (tertiary/aromatic N) is 2. The Kier molecular flexibility index (Phi) is 6.39. The topological polar surface area (TPSA) is 107 Å². The molecule has 7 heteroatoms. The van der Waals surface area contributed by atoms with Crippen LogP contribution in [0.4, 0.5) is 0 Å². The van der Waals surface area contributed by atoms with Crippen LogP contribution in [0.1, 0.15) is 49.3 Å². The molecule has 1 aromatic carbocycles. The van der Waals surface area contributed by atoms with Gasteiger partial charge in [0.25, 0.3) is 12.5 Å². The Morgan fingerprint density at radius 2 is 2.00 bits per heavy atom. The zero-order chi connectivity index (χ0) is 23.5. The van der Waals surface area contributed by atoms with Crippen molar-refractivity contribution >= 4 is 12.5 Å². The third kappa shape index (κ3) is 3.96. The van der Waals surface area contributed by atoms with Gasteiger partial charge in [-0.05, 0) is 67.9 Å². The molecule has 1 unspecified atom stereocenters. The van der Waals surface area contributed by atoms with Crippen molar-refractivity contribution in [3.8, 4) is 23.0 Å². The molecular formula is C26H29N3O4. The molecule has 2 spiro atoms. The van der Waals surface area contributed by atoms with Crippen molar-refractivity contribution in [3.63, 3.8) is 0 Å². The van der Waals surface area contributed by atoms with Crippen molar-refractivity contribution in [1.29, 1.82) is 0 Å². The lowest BCUT2D eigenvalue weighted by molar-refractivity contribution is -0.122. The number of hydrogen-bond donors (Lipinski definition) is 2. The minimum absolute atomic E-state index is 0.0396. The summed E-state index contributed by atoms with van der Waals surface area (Å²) in [6, 6.07) is 9.12. The van der Waals surface area contributed by atoms with Crippen LogP contribution in [0.3, 0.4) is 0 Å². The number of fused-ring (bicyclic) bond motifs is 3. The van der Waals surface area contributed by atoms with E-state index >= 15 is 0 Å². The summed E-state index contributed by atoms with van der Waals surface area (Å²) >= 11 is 0. The first kappa shape index (κ1) is 22.8. The lowest BCUT2D eigenvalue weighted by Crippen LogP contribution is -2.46. The van der Waals surface area contributed by atoms with Crippen molar-refractivity contribution in [2.75, 3.05) is 13.7 Å². The summed E-state index contributed by atoms with van der Waals surface area (Å²) in [6.07, 6.45) is 9.28. The van der Waals surface area contributed by atoms with Gasteiger partial charge >= 0.3 is 0 Å². The number of carboxylic acid groups (broad SMARTS) is 1. The van der Waals surface area contributed by atoms with Crippen molar-refractivity contribution in [2.24, 2.45) is 16.1 Å². The quantitative estimate of drug-likeness (QED) is 0.539. The molecule has 172 valence electrons. The monoisotopic (exact) mass is 447 g/mol. The standard InChI is InChI=1S/C25H27N3O2.CH2O2/c1-3-4-17-11-20(15-27-14-17)18-5-6-19-13-24(9-7-21(29-2)8-10-24)25(22(19)12-18)16-30-23(26)28-25;2-1-3/h5-6,11-12,14-15,21H,7-10,13,16H2,1-2H3,(H2,26,28);1H,(H,2,3)/t21-,24-,25?;. The Morgan fingerprint density at radius 1 is 1.24 bits per heavy atom. The molecule has 1 atom stereocenters. The lowest BCUT2D eigenvalue weighted by Gasteiger charge is -2.45. The first-order chi connectivity index (χ1) is 16.0. The van der Waals surface area contributed by atoms with Crippen molar-refractivity contribution in [1.82, 2.24) is 4.98 Å². The van der Waals surface area contributed by atoms with E-state index in [0.717, 1.165) is 48.8 Å². The molecule has 0 amide bonds. The van der Waals surface area contributed by atoms with Crippen LogP contribution in [0.2, 0.25) is 0 Å². The average Bonchev–Trinajstić information content (AvgIpc) is 3.34. The highest BCUT2D eigenvalue weighted by Crippen LogP contribution is 2.61. The van der Waals surface area contributed by atoms with Gasteiger partial charge in [0.2, 0.25) is 0 Å². The number of aliphatic imine (C=N–C) groups is 1. The van der Waals surface area contributed by atoms with E-state index in [1.54, 1.807) is 6.20 Å². The predicted octanol–water partition coefficient (Wildman–Crippen LogP) is 3.49. The number of pyridine rings is 1. The lowest BCUT2D eigenvalue weighted by atomic mass is 9.62. The maximum Gasteiger partial charge on any atom is 0.290 e. The summed E-state index contributed by atoms with van der Waals surface area (Å²) in [4.78, 5) is 17.7. The van der Waals surface area contributed by atoms with Crippen LogP contribution in [0.15, 0.2) is 41.7 Å². The second-order valence-electron chi connectivity index (χ2n) is 8.81. The van der Waals surface area contributed by atoms with Gasteiger partial charge in [-0.2, -0.15) is 0 Å². The van der Waals surface area contributed by atoms with Gasteiger partial charge in [0, 0.05) is 36.0 Å². The second kappa shape index (κ2) is 9.24. The predicted molar refractivity (Wildman–Crippen MR) is 126 cm³/mol. The highest BCUT2D eigenvalue weighted by atomic mass is 16.5. The number of benzene rings is 1. The van der Waals surface area contributed by atoms with Gasteiger partial charge in [0.1, 0.15) is 12.1 Å². The van der Waals surface area contributed by atoms with Crippen LogP contribution >= 0.6 is 0 Å². The Labute approximate surface area is 194 Å². The van der Waals surface area contributed by atoms with E-state index in [1.807, 2.05) is 20.2 Å². The van der Waals surface area contributed by atoms with Crippen molar-refractivity contribution < 1.29 is 19.4 Å². The number of rotatable bonds is 2. The highest BCUT2D eigenvalue weighted by Gasteiger charge is 2.61. The molecule has 2 aromatic rings. The molecule has 33 heavy (non-hydrogen) atoms. The minimum Gasteiger partial charge on any atom is -0.483 e. The van der Waals surface area contributed by atoms with Gasteiger partial charge < -0.3 is 20.3 Å². The molecule has 1 saturated carbocycles. The van der Waals surface area contributed by atoms with Gasteiger partial charge in [0.05, 0.1) is 6.10 Å². The molecule has 7 nitrogen and oxygen atoms in total. The summed E-state index contributed by atoms with van der Waals surface area (Å²) < 4.78 is 11.4. The molecule has 1 aliphatic heterocycles. The van der Waals surface area contributed by atoms with E-state index in [4.69, 9.17) is 30.1 Å². The van der Waals surface area contributed by atoms with Crippen LogP contribution in [0, 0.1) is 17.3 Å². The molecule has 0 bridgehead atoms. The summed E-state index contributed by atoms with van der Waals surface area (Å²) in [5.41, 5.74) is 11.4. The number of aromatic nitrogens is 1. The Hall–Kier alpha value is -3.37. The third-order valence-corrected chi connectivity index (χ3v) is 7.26. The maximum atomic E-state index is 8.36. The second-order valence-corrected chi connectivity index (χ2v) is 8.81. The Bertz CT molecular complexity index is 1130. The maximum absolute atomic E-state index is 8.36. The first-order valence-corrected chi connectivity index (χ1v) is 11.1. The number of nitrogens with two attached hydrogens (primary N) is 1. The zero-order valence-electron chi connectivity index (χ0n) is 19.0. The van der Waals surface area contributed by atoms with E-state index in [9.17, 15) is 0 Å². The van der Waals surface area contributed by atoms with E-state index in [2.05, 4.69) is 41.1 Å². The number of hydrogen-bond acceptors (Lipinski definition) is 6. The first-order valence-electron chi connectivity index (χ1n) is 11.1. The zero-order valence-corrected chi connectivity index (χ0v) is 19.0. The molecule has 0 radical (unpaired) electrons. The molecule has 1 fully saturated rings. The van der Waals surface area contributed by atoms with Crippen LogP contribution in [0.25, 0.3) is 11.1 Å². The number of methoxy groups -OCH3 is 1. The largest absolute Gasteiger partial charge is 0.483 e. The number of carbonyl (C=O) groups is 1. The molecular weight excluding hydrogens is 418 g/mol. The molecule has 1 aromatic heterocycles. The smallest absolute Gasteiger partial charge is 0.290 e. The summed E-state index contributed by atoms with van der Waals surface area (Å²) in [7, 11) is 1.81. The van der Waals surface area contributed by atoms with E-state index in [0.29, 0.717) is 18.7 Å². The molecule has 0 saturated heterocycles. The fourth-order valence-electron chi connectivity index (χ4n) is 5.71. The SMILES string of the molecule is CC#Cc1cncc(-c2ccc3c(c2)C2(COC(N)=N2)[C@]2(CC[C@H](OC)CC2)C3)c1.O=CO. The highest BCUT2D eigenvalue weighted by molar-refractivity contribution is 5.76. The van der Waals surface area contributed by atoms with E-state index in [-0.39, 0.29) is 11.9 Å². The van der Waals surface area contributed by atoms with E-state index in [1.165, 1.54) is 11.1 Å². The van der Waals surface area contributed by atoms with Crippen LogP contribution in [-0.4, -0.2) is 42.4 Å². The number of ether oxygens (including phenoxy) is 2. The van der Waals surface area contributed by atoms with Crippen LogP contribution in [-0.2, 0) is 26.2 Å². The Balaban J connectivity index is 0.000000821. The van der Waals surface area contributed by atoms with Gasteiger partial charge in [-0.25, -0.2) is 4.99 Å². The minimum atomic E-state index is -0.407. The third-order valence-electron chi connectivity index (χ3n) is 7.26. The van der Waals surface area contributed by atoms with Crippen molar-refractivity contribution in [3.05, 3.63) is 53.3 Å². The molecule has 3 aliphatic rings. The average molecular weight is 448 g/mol. The van der Waals surface area contributed by atoms with Gasteiger partial charge in [0.15, 0.2) is 0 Å². The van der Waals surface area contributed by atoms with E-state index < -0.39 is 5.54 Å². The Morgan fingerprint density at radius 3 is 2.64 bits per heavy atom. The molecule has 2 aliphatic carbocycles. The fourth-order valence-corrected chi connectivity index (χ4v) is 5.71. The van der Waals surface area contributed by atoms with Crippen LogP contribution in [0.5, 0.6) is 0 Å². The molecule has 3 N–H and O–H groups in total. The van der Waals surface area contributed by atoms with Gasteiger partial charge in [-0.3, -0.25) is 9.78 Å². The normalized spacial score (nSPS) is 27.0. The summed E-state index contributed by atoms with van der Waals surface area (Å²) in [6.45, 7) is 2.11. The summed E-state index contributed by atoms with van der Waals surface area (Å²) in [5.74, 6) is 6.05. The van der Waals surface area contributed by atoms with Gasteiger partial charge in [-0.1, -0.05) is 18.1 Å².